The summed E-state index contributed by atoms with van der Waals surface area (Å²) in [7, 11) is 0. The van der Waals surface area contributed by atoms with Gasteiger partial charge in [0.1, 0.15) is 17.6 Å². The van der Waals surface area contributed by atoms with Gasteiger partial charge in [-0.1, -0.05) is 30.6 Å². The number of halogens is 4. The van der Waals surface area contributed by atoms with E-state index in [1.807, 2.05) is 13.8 Å². The fraction of sp³-hybridized carbons (Fsp3) is 0.467. The highest BCUT2D eigenvalue weighted by Crippen LogP contribution is 2.29. The van der Waals surface area contributed by atoms with Gasteiger partial charge in [0.05, 0.1) is 5.56 Å². The first-order chi connectivity index (χ1) is 12.0. The summed E-state index contributed by atoms with van der Waals surface area (Å²) in [6.45, 7) is 4.65. The molecule has 7 nitrogen and oxygen atoms in total. The number of hydrogen-bond donors (Lipinski definition) is 1. The van der Waals surface area contributed by atoms with Crippen molar-refractivity contribution in [3.63, 3.8) is 0 Å². The molecule has 2 aromatic rings. The molecule has 142 valence electrons. The number of nitrogens with zero attached hydrogens (tertiary/aromatic N) is 3. The molecule has 0 unspecified atom stereocenters. The molecule has 2 aromatic heterocycles. The molecular weight excluding hydrogens is 377 g/mol. The molecule has 26 heavy (non-hydrogen) atoms. The van der Waals surface area contributed by atoms with Crippen LogP contribution in [0.2, 0.25) is 5.02 Å². The highest BCUT2D eigenvalue weighted by atomic mass is 35.5. The zero-order valence-electron chi connectivity index (χ0n) is 14.1. The van der Waals surface area contributed by atoms with Crippen LogP contribution in [0.3, 0.4) is 0 Å². The number of hydrogen-bond acceptors (Lipinski definition) is 5. The molecule has 0 aliphatic rings. The molecule has 2 heterocycles. The van der Waals surface area contributed by atoms with Gasteiger partial charge in [-0.2, -0.15) is 18.2 Å². The van der Waals surface area contributed by atoms with Crippen LogP contribution < -0.4 is 10.9 Å². The van der Waals surface area contributed by atoms with Crippen molar-refractivity contribution < 1.29 is 22.5 Å². The lowest BCUT2D eigenvalue weighted by molar-refractivity contribution is -0.138. The van der Waals surface area contributed by atoms with Crippen LogP contribution in [0.1, 0.15) is 50.0 Å². The molecule has 0 aliphatic heterocycles. The van der Waals surface area contributed by atoms with Crippen molar-refractivity contribution in [1.82, 2.24) is 20.0 Å². The van der Waals surface area contributed by atoms with Crippen molar-refractivity contribution in [1.29, 1.82) is 0 Å². The second-order valence-electron chi connectivity index (χ2n) is 5.94. The molecular formula is C15H16ClF3N4O3. The van der Waals surface area contributed by atoms with Gasteiger partial charge < -0.3 is 14.4 Å². The number of amides is 1. The summed E-state index contributed by atoms with van der Waals surface area (Å²) >= 11 is 5.54. The molecule has 0 fully saturated rings. The van der Waals surface area contributed by atoms with Gasteiger partial charge in [0, 0.05) is 12.1 Å². The molecule has 0 aliphatic carbocycles. The number of rotatable bonds is 5. The predicted octanol–water partition coefficient (Wildman–Crippen LogP) is 2.90. The summed E-state index contributed by atoms with van der Waals surface area (Å²) in [6.07, 6.45) is -4.15. The van der Waals surface area contributed by atoms with Gasteiger partial charge in [0.25, 0.3) is 5.56 Å². The van der Waals surface area contributed by atoms with Crippen molar-refractivity contribution in [2.45, 2.75) is 45.5 Å². The van der Waals surface area contributed by atoms with Gasteiger partial charge in [-0.05, 0) is 13.0 Å². The molecule has 0 aromatic carbocycles. The number of aromatic nitrogens is 3. The van der Waals surface area contributed by atoms with Crippen LogP contribution >= 0.6 is 11.6 Å². The lowest BCUT2D eigenvalue weighted by Crippen LogP contribution is -2.34. The van der Waals surface area contributed by atoms with Crippen LogP contribution in [0.5, 0.6) is 0 Å². The molecule has 1 atom stereocenters. The Morgan fingerprint density at radius 3 is 2.58 bits per heavy atom. The van der Waals surface area contributed by atoms with Gasteiger partial charge in [-0.25, -0.2) is 0 Å². The standard InChI is InChI=1S/C15H16ClF3N4O3/c1-7(2)12-21-13(26-22-12)8(3)20-11(24)6-23-5-9(15(17,18)19)4-10(16)14(23)25/h4-5,7-8H,6H2,1-3H3,(H,20,24)/t8-/m1/s1. The second-order valence-corrected chi connectivity index (χ2v) is 6.35. The molecule has 0 saturated carbocycles. The molecule has 2 rings (SSSR count). The van der Waals surface area contributed by atoms with E-state index in [-0.39, 0.29) is 11.8 Å². The van der Waals surface area contributed by atoms with E-state index in [1.54, 1.807) is 6.92 Å². The van der Waals surface area contributed by atoms with E-state index in [0.29, 0.717) is 22.7 Å². The Morgan fingerprint density at radius 2 is 2.04 bits per heavy atom. The molecule has 1 N–H and O–H groups in total. The van der Waals surface area contributed by atoms with E-state index in [2.05, 4.69) is 15.5 Å². The number of carbonyl (C=O) groups excluding carboxylic acids is 1. The lowest BCUT2D eigenvalue weighted by Gasteiger charge is -2.13. The number of alkyl halides is 3. The van der Waals surface area contributed by atoms with Gasteiger partial charge in [0.15, 0.2) is 5.82 Å². The second kappa shape index (κ2) is 7.48. The fourth-order valence-electron chi connectivity index (χ4n) is 2.03. The van der Waals surface area contributed by atoms with Gasteiger partial charge in [-0.15, -0.1) is 0 Å². The summed E-state index contributed by atoms with van der Waals surface area (Å²) in [5.41, 5.74) is -2.02. The van der Waals surface area contributed by atoms with Crippen molar-refractivity contribution >= 4 is 17.5 Å². The van der Waals surface area contributed by atoms with Gasteiger partial charge in [0.2, 0.25) is 11.8 Å². The monoisotopic (exact) mass is 392 g/mol. The van der Waals surface area contributed by atoms with Crippen LogP contribution in [0, 0.1) is 0 Å². The lowest BCUT2D eigenvalue weighted by atomic mass is 10.2. The van der Waals surface area contributed by atoms with Crippen molar-refractivity contribution in [3.8, 4) is 0 Å². The normalized spacial score (nSPS) is 13.1. The molecule has 11 heteroatoms. The smallest absolute Gasteiger partial charge is 0.343 e. The number of nitrogens with one attached hydrogen (secondary N) is 1. The number of pyridine rings is 1. The molecule has 0 saturated heterocycles. The zero-order valence-corrected chi connectivity index (χ0v) is 14.9. The maximum atomic E-state index is 12.8. The quantitative estimate of drug-likeness (QED) is 0.845. The summed E-state index contributed by atoms with van der Waals surface area (Å²) < 4.78 is 44.1. The van der Waals surface area contributed by atoms with Crippen LogP contribution in [-0.4, -0.2) is 20.6 Å². The van der Waals surface area contributed by atoms with Crippen LogP contribution in [0.25, 0.3) is 0 Å². The number of carbonyl (C=O) groups is 1. The Morgan fingerprint density at radius 1 is 1.38 bits per heavy atom. The van der Waals surface area contributed by atoms with E-state index in [4.69, 9.17) is 16.1 Å². The van der Waals surface area contributed by atoms with Crippen molar-refractivity contribution in [2.75, 3.05) is 0 Å². The first-order valence-corrected chi connectivity index (χ1v) is 7.97. The highest BCUT2D eigenvalue weighted by molar-refractivity contribution is 6.30. The third-order valence-electron chi connectivity index (χ3n) is 3.41. The van der Waals surface area contributed by atoms with Crippen LogP contribution in [-0.2, 0) is 17.5 Å². The highest BCUT2D eigenvalue weighted by Gasteiger charge is 2.32. The minimum atomic E-state index is -4.69. The Labute approximate surface area is 151 Å². The zero-order chi connectivity index (χ0) is 19.6. The van der Waals surface area contributed by atoms with E-state index in [0.717, 1.165) is 0 Å². The third-order valence-corrected chi connectivity index (χ3v) is 3.68. The minimum Gasteiger partial charge on any atom is -0.343 e. The first kappa shape index (κ1) is 20.0. The average molecular weight is 393 g/mol. The Kier molecular flexibility index (Phi) is 5.74. The van der Waals surface area contributed by atoms with E-state index >= 15 is 0 Å². The molecule has 1 amide bonds. The molecule has 0 spiro atoms. The third kappa shape index (κ3) is 4.63. The summed E-state index contributed by atoms with van der Waals surface area (Å²) in [4.78, 5) is 28.1. The Bertz CT molecular complexity index is 861. The van der Waals surface area contributed by atoms with Crippen LogP contribution in [0.15, 0.2) is 21.6 Å². The fourth-order valence-corrected chi connectivity index (χ4v) is 2.26. The summed E-state index contributed by atoms with van der Waals surface area (Å²) in [5.74, 6) is -0.0704. The van der Waals surface area contributed by atoms with E-state index < -0.39 is 40.8 Å². The Hall–Kier alpha value is -2.36. The molecule has 0 radical (unpaired) electrons. The van der Waals surface area contributed by atoms with Crippen molar-refractivity contribution in [3.05, 3.63) is 44.9 Å². The average Bonchev–Trinajstić information content (AvgIpc) is 3.00. The molecule has 0 bridgehead atoms. The van der Waals surface area contributed by atoms with Crippen LogP contribution in [0.4, 0.5) is 13.2 Å². The van der Waals surface area contributed by atoms with E-state index in [1.165, 1.54) is 0 Å². The van der Waals surface area contributed by atoms with Crippen molar-refractivity contribution in [2.24, 2.45) is 0 Å². The topological polar surface area (TPSA) is 90.0 Å². The maximum Gasteiger partial charge on any atom is 0.417 e. The minimum absolute atomic E-state index is 0.0289. The van der Waals surface area contributed by atoms with Gasteiger partial charge in [-0.3, -0.25) is 9.59 Å². The summed E-state index contributed by atoms with van der Waals surface area (Å²) in [6, 6.07) is -0.160. The summed E-state index contributed by atoms with van der Waals surface area (Å²) in [5, 5.41) is 5.61. The predicted molar refractivity (Wildman–Crippen MR) is 85.7 cm³/mol. The van der Waals surface area contributed by atoms with Gasteiger partial charge >= 0.3 is 6.18 Å². The SMILES string of the molecule is CC(C)c1noc([C@@H](C)NC(=O)Cn2cc(C(F)(F)F)cc(Cl)c2=O)n1. The van der Waals surface area contributed by atoms with E-state index in [9.17, 15) is 22.8 Å². The Balaban J connectivity index is 2.14. The first-order valence-electron chi connectivity index (χ1n) is 7.59. The largest absolute Gasteiger partial charge is 0.417 e. The maximum absolute atomic E-state index is 12.8.